The van der Waals surface area contributed by atoms with Gasteiger partial charge in [-0.1, -0.05) is 50.3 Å². The van der Waals surface area contributed by atoms with Crippen molar-refractivity contribution < 1.29 is 9.53 Å². The van der Waals surface area contributed by atoms with Crippen LogP contribution in [0, 0.1) is 19.3 Å². The van der Waals surface area contributed by atoms with Crippen LogP contribution in [0.25, 0.3) is 11.0 Å². The summed E-state index contributed by atoms with van der Waals surface area (Å²) in [5, 5.41) is 15.0. The maximum atomic E-state index is 13.8. The number of amides is 1. The van der Waals surface area contributed by atoms with E-state index < -0.39 is 5.41 Å². The van der Waals surface area contributed by atoms with E-state index in [0.29, 0.717) is 13.1 Å². The average molecular weight is 584 g/mol. The van der Waals surface area contributed by atoms with E-state index in [1.54, 1.807) is 10.9 Å². The van der Waals surface area contributed by atoms with Gasteiger partial charge in [-0.2, -0.15) is 0 Å². The molecule has 228 valence electrons. The molecule has 1 aliphatic heterocycles. The third kappa shape index (κ3) is 6.28. The minimum absolute atomic E-state index is 0.0214. The molecule has 1 aliphatic rings. The molecule has 0 spiro atoms. The number of pyridine rings is 1. The molecule has 2 unspecified atom stereocenters. The highest BCUT2D eigenvalue weighted by Gasteiger charge is 2.40. The van der Waals surface area contributed by atoms with Gasteiger partial charge in [0.25, 0.3) is 0 Å². The first-order valence-corrected chi connectivity index (χ1v) is 15.3. The number of carbonyl (C=O) groups is 1. The van der Waals surface area contributed by atoms with Crippen molar-refractivity contribution in [3.63, 3.8) is 0 Å². The SMILES string of the molecule is CCC1CN(Cc2cc(C(c3ccc4c(nnn4C)c3C)C(C)(C)C(=O)NCCNC)ccc2C)Cc2cnccc2O1. The lowest BCUT2D eigenvalue weighted by molar-refractivity contribution is -0.130. The summed E-state index contributed by atoms with van der Waals surface area (Å²) in [4.78, 5) is 20.6. The molecule has 9 nitrogen and oxygen atoms in total. The molecule has 2 aromatic heterocycles. The van der Waals surface area contributed by atoms with Crippen LogP contribution in [0.3, 0.4) is 0 Å². The first kappa shape index (κ1) is 30.6. The molecule has 0 fully saturated rings. The fraction of sp³-hybridized carbons (Fsp3) is 0.471. The Labute approximate surface area is 255 Å². The molecule has 0 saturated carbocycles. The molecule has 4 aromatic rings. The van der Waals surface area contributed by atoms with Crippen LogP contribution in [0.5, 0.6) is 5.75 Å². The van der Waals surface area contributed by atoms with Crippen LogP contribution < -0.4 is 15.4 Å². The number of rotatable bonds is 10. The molecule has 3 heterocycles. The number of carbonyl (C=O) groups excluding carboxylic acids is 1. The van der Waals surface area contributed by atoms with E-state index in [0.717, 1.165) is 65.1 Å². The van der Waals surface area contributed by atoms with Crippen LogP contribution in [-0.4, -0.2) is 63.6 Å². The second-order valence-electron chi connectivity index (χ2n) is 12.4. The lowest BCUT2D eigenvalue weighted by atomic mass is 9.69. The molecule has 1 amide bonds. The standard InChI is InChI=1S/C34H45N7O2/c1-8-27-21-41(20-26-18-36-14-13-30(26)43-27)19-25-17-24(10-9-22(25)2)31(34(4,5)33(42)37-16-15-35-6)28-11-12-29-32(23(28)3)38-39-40(29)7/h9-14,17-18,27,31,35H,8,15-16,19-21H2,1-7H3,(H,37,42). The smallest absolute Gasteiger partial charge is 0.226 e. The minimum Gasteiger partial charge on any atom is -0.489 e. The Morgan fingerprint density at radius 1 is 1.16 bits per heavy atom. The van der Waals surface area contributed by atoms with Crippen molar-refractivity contribution >= 4 is 16.9 Å². The van der Waals surface area contributed by atoms with Crippen LogP contribution in [0.2, 0.25) is 0 Å². The summed E-state index contributed by atoms with van der Waals surface area (Å²) < 4.78 is 8.14. The highest BCUT2D eigenvalue weighted by atomic mass is 16.5. The fourth-order valence-corrected chi connectivity index (χ4v) is 6.28. The normalized spacial score (nSPS) is 16.4. The molecule has 9 heteroatoms. The summed E-state index contributed by atoms with van der Waals surface area (Å²) in [6.07, 6.45) is 4.76. The lowest BCUT2D eigenvalue weighted by Crippen LogP contribution is -2.43. The highest BCUT2D eigenvalue weighted by Crippen LogP contribution is 2.44. The predicted octanol–water partition coefficient (Wildman–Crippen LogP) is 4.65. The third-order valence-electron chi connectivity index (χ3n) is 8.92. The predicted molar refractivity (Wildman–Crippen MR) is 170 cm³/mol. The maximum Gasteiger partial charge on any atom is 0.226 e. The summed E-state index contributed by atoms with van der Waals surface area (Å²) in [6, 6.07) is 12.9. The van der Waals surface area contributed by atoms with Gasteiger partial charge in [-0.15, -0.1) is 5.10 Å². The molecule has 0 radical (unpaired) electrons. The number of likely N-dealkylation sites (N-methyl/N-ethyl adjacent to an activating group) is 1. The number of nitrogens with one attached hydrogen (secondary N) is 2. The van der Waals surface area contributed by atoms with E-state index in [1.165, 1.54) is 11.1 Å². The Hall–Kier alpha value is -3.82. The third-order valence-corrected chi connectivity index (χ3v) is 8.92. The molecule has 5 rings (SSSR count). The molecule has 0 bridgehead atoms. The molecule has 2 N–H and O–H groups in total. The zero-order chi connectivity index (χ0) is 30.7. The van der Waals surface area contributed by atoms with Gasteiger partial charge in [0, 0.05) is 63.6 Å². The number of hydrogen-bond acceptors (Lipinski definition) is 7. The second-order valence-corrected chi connectivity index (χ2v) is 12.4. The topological polar surface area (TPSA) is 97.2 Å². The van der Waals surface area contributed by atoms with Crippen LogP contribution in [0.4, 0.5) is 0 Å². The van der Waals surface area contributed by atoms with E-state index >= 15 is 0 Å². The van der Waals surface area contributed by atoms with Crippen molar-refractivity contribution in [2.75, 3.05) is 26.7 Å². The first-order chi connectivity index (χ1) is 20.6. The largest absolute Gasteiger partial charge is 0.489 e. The van der Waals surface area contributed by atoms with Crippen molar-refractivity contribution in [3.8, 4) is 5.75 Å². The van der Waals surface area contributed by atoms with Gasteiger partial charge in [0.15, 0.2) is 0 Å². The van der Waals surface area contributed by atoms with E-state index in [4.69, 9.17) is 4.74 Å². The number of aryl methyl sites for hydroxylation is 3. The van der Waals surface area contributed by atoms with Crippen LogP contribution >= 0.6 is 0 Å². The van der Waals surface area contributed by atoms with Crippen molar-refractivity contribution in [1.82, 2.24) is 35.5 Å². The number of ether oxygens (including phenoxy) is 1. The Morgan fingerprint density at radius 3 is 2.74 bits per heavy atom. The fourth-order valence-electron chi connectivity index (χ4n) is 6.28. The summed E-state index contributed by atoms with van der Waals surface area (Å²) in [5.41, 5.74) is 7.93. The molecule has 0 saturated heterocycles. The van der Waals surface area contributed by atoms with Crippen LogP contribution in [0.1, 0.15) is 66.5 Å². The summed E-state index contributed by atoms with van der Waals surface area (Å²) in [5.74, 6) is 0.748. The van der Waals surface area contributed by atoms with Crippen LogP contribution in [0.15, 0.2) is 48.8 Å². The van der Waals surface area contributed by atoms with Gasteiger partial charge in [0.05, 0.1) is 10.9 Å². The van der Waals surface area contributed by atoms with Gasteiger partial charge in [-0.25, -0.2) is 4.68 Å². The second kappa shape index (κ2) is 12.8. The Balaban J connectivity index is 1.55. The summed E-state index contributed by atoms with van der Waals surface area (Å²) >= 11 is 0. The summed E-state index contributed by atoms with van der Waals surface area (Å²) in [6.45, 7) is 14.2. The zero-order valence-corrected chi connectivity index (χ0v) is 26.6. The average Bonchev–Trinajstić information content (AvgIpc) is 3.27. The van der Waals surface area contributed by atoms with Crippen molar-refractivity contribution in [2.45, 2.75) is 66.2 Å². The lowest BCUT2D eigenvalue weighted by Gasteiger charge is -2.35. The monoisotopic (exact) mass is 583 g/mol. The van der Waals surface area contributed by atoms with Gasteiger partial charge < -0.3 is 15.4 Å². The van der Waals surface area contributed by atoms with E-state index in [2.05, 4.69) is 81.9 Å². The van der Waals surface area contributed by atoms with Gasteiger partial charge >= 0.3 is 0 Å². The molecule has 0 aliphatic carbocycles. The zero-order valence-electron chi connectivity index (χ0n) is 26.6. The highest BCUT2D eigenvalue weighted by molar-refractivity contribution is 5.85. The Kier molecular flexibility index (Phi) is 9.13. The summed E-state index contributed by atoms with van der Waals surface area (Å²) in [7, 11) is 3.80. The molecule has 43 heavy (non-hydrogen) atoms. The number of benzene rings is 2. The quantitative estimate of drug-likeness (QED) is 0.263. The van der Waals surface area contributed by atoms with E-state index in [-0.39, 0.29) is 17.9 Å². The number of hydrogen-bond donors (Lipinski definition) is 2. The number of aromatic nitrogens is 4. The van der Waals surface area contributed by atoms with E-state index in [9.17, 15) is 4.79 Å². The number of fused-ring (bicyclic) bond motifs is 2. The Morgan fingerprint density at radius 2 is 1.98 bits per heavy atom. The Bertz CT molecular complexity index is 1600. The van der Waals surface area contributed by atoms with Gasteiger partial charge in [-0.3, -0.25) is 14.7 Å². The van der Waals surface area contributed by atoms with Crippen LogP contribution in [-0.2, 0) is 24.9 Å². The van der Waals surface area contributed by atoms with Crippen molar-refractivity contribution in [1.29, 1.82) is 0 Å². The van der Waals surface area contributed by atoms with Gasteiger partial charge in [-0.05, 0) is 67.3 Å². The van der Waals surface area contributed by atoms with Crippen molar-refractivity contribution in [2.24, 2.45) is 12.5 Å². The maximum absolute atomic E-state index is 13.8. The van der Waals surface area contributed by atoms with Gasteiger partial charge in [0.2, 0.25) is 5.91 Å². The van der Waals surface area contributed by atoms with E-state index in [1.807, 2.05) is 40.2 Å². The minimum atomic E-state index is -0.741. The first-order valence-electron chi connectivity index (χ1n) is 15.3. The molecular formula is C34H45N7O2. The molecule has 2 aromatic carbocycles. The molecule has 2 atom stereocenters. The number of nitrogens with zero attached hydrogens (tertiary/aromatic N) is 5. The molecular weight excluding hydrogens is 538 g/mol. The van der Waals surface area contributed by atoms with Crippen molar-refractivity contribution in [3.05, 3.63) is 82.2 Å². The van der Waals surface area contributed by atoms with Gasteiger partial charge in [0.1, 0.15) is 17.4 Å².